The molecular weight excluding hydrogens is 388 g/mol. The Balaban J connectivity index is 1.40. The van der Waals surface area contributed by atoms with Gasteiger partial charge in [0.2, 0.25) is 4.96 Å². The van der Waals surface area contributed by atoms with Gasteiger partial charge in [0.1, 0.15) is 0 Å². The topological polar surface area (TPSA) is 90.2 Å². The highest BCUT2D eigenvalue weighted by Gasteiger charge is 2.16. The van der Waals surface area contributed by atoms with Crippen molar-refractivity contribution in [1.82, 2.24) is 30.0 Å². The minimum absolute atomic E-state index is 0.225. The zero-order valence-corrected chi connectivity index (χ0v) is 16.3. The number of fused-ring (bicyclic) bond motifs is 1. The standard InChI is InChI=1S/C20H16N6O2S/c1-27-16-9-5-6-10-17(16)28-12-18-23-24-20-26(18)25-19(29-20)15-11-14(21-22-15)13-7-3-2-4-8-13/h2-11H,12H2,1H3,(H,21,22). The summed E-state index contributed by atoms with van der Waals surface area (Å²) in [6.07, 6.45) is 0. The van der Waals surface area contributed by atoms with Crippen LogP contribution in [0.15, 0.2) is 60.7 Å². The monoisotopic (exact) mass is 404 g/mol. The third-order valence-corrected chi connectivity index (χ3v) is 5.29. The normalized spacial score (nSPS) is 11.1. The lowest BCUT2D eigenvalue weighted by atomic mass is 10.1. The molecule has 0 aliphatic rings. The molecule has 8 nitrogen and oxygen atoms in total. The Morgan fingerprint density at radius 3 is 2.62 bits per heavy atom. The number of benzene rings is 2. The average molecular weight is 404 g/mol. The summed E-state index contributed by atoms with van der Waals surface area (Å²) in [7, 11) is 1.61. The van der Waals surface area contributed by atoms with E-state index in [0.717, 1.165) is 22.0 Å². The summed E-state index contributed by atoms with van der Waals surface area (Å²) in [5, 5.41) is 21.2. The van der Waals surface area contributed by atoms with Gasteiger partial charge in [0, 0.05) is 5.56 Å². The molecule has 1 N–H and O–H groups in total. The van der Waals surface area contributed by atoms with Crippen LogP contribution in [0.5, 0.6) is 11.5 Å². The van der Waals surface area contributed by atoms with Crippen LogP contribution in [-0.2, 0) is 6.61 Å². The lowest BCUT2D eigenvalue weighted by Gasteiger charge is -2.08. The van der Waals surface area contributed by atoms with Crippen LogP contribution in [0.3, 0.4) is 0 Å². The van der Waals surface area contributed by atoms with E-state index >= 15 is 0 Å². The molecule has 5 rings (SSSR count). The highest BCUT2D eigenvalue weighted by atomic mass is 32.1. The molecule has 0 atom stereocenters. The third-order valence-electron chi connectivity index (χ3n) is 4.36. The molecule has 0 radical (unpaired) electrons. The molecule has 0 aliphatic heterocycles. The number of H-pyrrole nitrogens is 1. The Hall–Kier alpha value is -3.72. The Kier molecular flexibility index (Phi) is 4.41. The highest BCUT2D eigenvalue weighted by Crippen LogP contribution is 2.29. The molecule has 0 saturated carbocycles. The van der Waals surface area contributed by atoms with E-state index in [9.17, 15) is 0 Å². The Bertz CT molecular complexity index is 1260. The third kappa shape index (κ3) is 3.32. The highest BCUT2D eigenvalue weighted by molar-refractivity contribution is 7.19. The van der Waals surface area contributed by atoms with E-state index in [1.165, 1.54) is 11.3 Å². The maximum absolute atomic E-state index is 5.85. The second kappa shape index (κ2) is 7.36. The van der Waals surface area contributed by atoms with Crippen molar-refractivity contribution in [1.29, 1.82) is 0 Å². The largest absolute Gasteiger partial charge is 0.493 e. The number of nitrogens with zero attached hydrogens (tertiary/aromatic N) is 5. The number of aromatic amines is 1. The fourth-order valence-electron chi connectivity index (χ4n) is 2.92. The number of aromatic nitrogens is 6. The fraction of sp³-hybridized carbons (Fsp3) is 0.100. The number of methoxy groups -OCH3 is 1. The van der Waals surface area contributed by atoms with Crippen molar-refractivity contribution in [2.45, 2.75) is 6.61 Å². The molecule has 9 heteroatoms. The van der Waals surface area contributed by atoms with E-state index < -0.39 is 0 Å². The van der Waals surface area contributed by atoms with Crippen LogP contribution in [-0.4, -0.2) is 37.1 Å². The Morgan fingerprint density at radius 1 is 1.00 bits per heavy atom. The van der Waals surface area contributed by atoms with Gasteiger partial charge in [0.05, 0.1) is 18.5 Å². The maximum Gasteiger partial charge on any atom is 0.235 e. The molecule has 0 saturated heterocycles. The van der Waals surface area contributed by atoms with Crippen LogP contribution in [0, 0.1) is 0 Å². The molecule has 0 fully saturated rings. The van der Waals surface area contributed by atoms with E-state index in [4.69, 9.17) is 9.47 Å². The van der Waals surface area contributed by atoms with Gasteiger partial charge in [0.15, 0.2) is 28.9 Å². The van der Waals surface area contributed by atoms with Crippen molar-refractivity contribution in [3.05, 3.63) is 66.5 Å². The van der Waals surface area contributed by atoms with Crippen LogP contribution in [0.25, 0.3) is 26.9 Å². The smallest absolute Gasteiger partial charge is 0.235 e. The minimum Gasteiger partial charge on any atom is -0.493 e. The van der Waals surface area contributed by atoms with Gasteiger partial charge in [-0.1, -0.05) is 53.8 Å². The summed E-state index contributed by atoms with van der Waals surface area (Å²) in [6, 6.07) is 19.4. The van der Waals surface area contributed by atoms with Crippen molar-refractivity contribution < 1.29 is 9.47 Å². The molecule has 29 heavy (non-hydrogen) atoms. The zero-order chi connectivity index (χ0) is 19.6. The van der Waals surface area contributed by atoms with Crippen molar-refractivity contribution in [2.75, 3.05) is 7.11 Å². The lowest BCUT2D eigenvalue weighted by Crippen LogP contribution is -2.03. The molecule has 0 unspecified atom stereocenters. The summed E-state index contributed by atoms with van der Waals surface area (Å²) < 4.78 is 12.9. The molecule has 0 bridgehead atoms. The first-order valence-corrected chi connectivity index (χ1v) is 9.71. The van der Waals surface area contributed by atoms with Gasteiger partial charge in [-0.2, -0.15) is 14.7 Å². The fourth-order valence-corrected chi connectivity index (χ4v) is 3.75. The van der Waals surface area contributed by atoms with Crippen LogP contribution < -0.4 is 9.47 Å². The van der Waals surface area contributed by atoms with Crippen molar-refractivity contribution >= 4 is 16.3 Å². The van der Waals surface area contributed by atoms with Gasteiger partial charge >= 0.3 is 0 Å². The van der Waals surface area contributed by atoms with Gasteiger partial charge in [-0.15, -0.1) is 10.2 Å². The molecular formula is C20H16N6O2S. The van der Waals surface area contributed by atoms with Crippen LogP contribution in [0.2, 0.25) is 0 Å². The van der Waals surface area contributed by atoms with Gasteiger partial charge in [0.25, 0.3) is 0 Å². The van der Waals surface area contributed by atoms with E-state index in [-0.39, 0.29) is 6.61 Å². The summed E-state index contributed by atoms with van der Waals surface area (Å²) in [6.45, 7) is 0.225. The molecule has 0 spiro atoms. The average Bonchev–Trinajstić information content (AvgIpc) is 3.49. The van der Waals surface area contributed by atoms with E-state index in [0.29, 0.717) is 22.3 Å². The van der Waals surface area contributed by atoms with Gasteiger partial charge < -0.3 is 9.47 Å². The van der Waals surface area contributed by atoms with Crippen molar-refractivity contribution in [3.63, 3.8) is 0 Å². The minimum atomic E-state index is 0.225. The van der Waals surface area contributed by atoms with Crippen LogP contribution in [0.4, 0.5) is 0 Å². The molecule has 5 aromatic rings. The number of nitrogens with one attached hydrogen (secondary N) is 1. The summed E-state index contributed by atoms with van der Waals surface area (Å²) in [5.74, 6) is 1.91. The number of rotatable bonds is 6. The molecule has 144 valence electrons. The van der Waals surface area contributed by atoms with E-state index in [2.05, 4.69) is 25.5 Å². The summed E-state index contributed by atoms with van der Waals surface area (Å²) in [5.41, 5.74) is 2.74. The first-order chi connectivity index (χ1) is 14.3. The predicted molar refractivity (Wildman–Crippen MR) is 109 cm³/mol. The zero-order valence-electron chi connectivity index (χ0n) is 15.4. The Labute approximate surface area is 169 Å². The second-order valence-corrected chi connectivity index (χ2v) is 7.15. The number of ether oxygens (including phenoxy) is 2. The van der Waals surface area contributed by atoms with E-state index in [1.54, 1.807) is 11.6 Å². The summed E-state index contributed by atoms with van der Waals surface area (Å²) >= 11 is 1.44. The number of hydrogen-bond acceptors (Lipinski definition) is 7. The molecule has 0 amide bonds. The second-order valence-electron chi connectivity index (χ2n) is 6.19. The first-order valence-electron chi connectivity index (χ1n) is 8.90. The first kappa shape index (κ1) is 17.4. The predicted octanol–water partition coefficient (Wildman–Crippen LogP) is 3.83. The maximum atomic E-state index is 5.85. The Morgan fingerprint density at radius 2 is 1.79 bits per heavy atom. The van der Waals surface area contributed by atoms with Crippen molar-refractivity contribution in [2.24, 2.45) is 0 Å². The molecule has 3 aromatic heterocycles. The molecule has 0 aliphatic carbocycles. The summed E-state index contributed by atoms with van der Waals surface area (Å²) in [4.78, 5) is 0.689. The SMILES string of the molecule is COc1ccccc1OCc1nnc2sc(-c3cc(-c4ccccc4)n[nH]3)nn12. The van der Waals surface area contributed by atoms with Crippen molar-refractivity contribution in [3.8, 4) is 33.5 Å². The molecule has 3 heterocycles. The molecule has 2 aromatic carbocycles. The van der Waals surface area contributed by atoms with Gasteiger partial charge in [-0.25, -0.2) is 0 Å². The van der Waals surface area contributed by atoms with Crippen LogP contribution >= 0.6 is 11.3 Å². The number of hydrogen-bond donors (Lipinski definition) is 1. The number of para-hydroxylation sites is 2. The van der Waals surface area contributed by atoms with Crippen LogP contribution in [0.1, 0.15) is 5.82 Å². The van der Waals surface area contributed by atoms with E-state index in [1.807, 2.05) is 60.7 Å². The van der Waals surface area contributed by atoms with Gasteiger partial charge in [-0.3, -0.25) is 5.10 Å². The van der Waals surface area contributed by atoms with Gasteiger partial charge in [-0.05, 0) is 18.2 Å². The lowest BCUT2D eigenvalue weighted by molar-refractivity contribution is 0.274. The quantitative estimate of drug-likeness (QED) is 0.463.